The fraction of sp³-hybridized carbons (Fsp3) is 0.333. The molecule has 216 valence electrons. The molecule has 4 aromatic rings. The van der Waals surface area contributed by atoms with Gasteiger partial charge in [-0.15, -0.1) is 22.0 Å². The number of rotatable bonds is 8. The van der Waals surface area contributed by atoms with E-state index in [-0.39, 0.29) is 30.2 Å². The molecule has 41 heavy (non-hydrogen) atoms. The molecule has 0 N–H and O–H groups in total. The zero-order valence-corrected chi connectivity index (χ0v) is 23.8. The van der Waals surface area contributed by atoms with Gasteiger partial charge in [0.15, 0.2) is 17.3 Å². The summed E-state index contributed by atoms with van der Waals surface area (Å²) < 4.78 is 61.5. The van der Waals surface area contributed by atoms with Crippen molar-refractivity contribution < 1.29 is 32.2 Å². The lowest BCUT2D eigenvalue weighted by Gasteiger charge is -2.24. The summed E-state index contributed by atoms with van der Waals surface area (Å²) in [4.78, 5) is 12.1. The van der Waals surface area contributed by atoms with E-state index < -0.39 is 28.5 Å². The van der Waals surface area contributed by atoms with Crippen molar-refractivity contribution in [2.45, 2.75) is 36.6 Å². The Hall–Kier alpha value is -3.71. The Balaban J connectivity index is 1.63. The SMILES string of the molecule is CCOC(=O)c1cnn(CCC2SC(c3cccc(OC)c3OC)c3cc(Cl)ccc3-n3c2nnc3C(F)(F)F)c1. The predicted molar refractivity (Wildman–Crippen MR) is 146 cm³/mol. The molecule has 0 saturated heterocycles. The molecule has 1 aliphatic rings. The molecule has 0 amide bonds. The molecule has 14 heteroatoms. The topological polar surface area (TPSA) is 93.3 Å². The van der Waals surface area contributed by atoms with Crippen LogP contribution >= 0.6 is 23.4 Å². The fourth-order valence-corrected chi connectivity index (χ4v) is 6.47. The van der Waals surface area contributed by atoms with Crippen LogP contribution in [0.15, 0.2) is 48.8 Å². The molecule has 0 radical (unpaired) electrons. The third kappa shape index (κ3) is 5.60. The average Bonchev–Trinajstić information content (AvgIpc) is 3.58. The van der Waals surface area contributed by atoms with Gasteiger partial charge in [-0.3, -0.25) is 9.25 Å². The highest BCUT2D eigenvalue weighted by molar-refractivity contribution is 8.00. The normalized spacial score (nSPS) is 16.5. The second kappa shape index (κ2) is 11.6. The van der Waals surface area contributed by atoms with Crippen molar-refractivity contribution in [1.29, 1.82) is 0 Å². The van der Waals surface area contributed by atoms with Gasteiger partial charge in [-0.05, 0) is 43.2 Å². The maximum absolute atomic E-state index is 14.2. The highest BCUT2D eigenvalue weighted by atomic mass is 35.5. The van der Waals surface area contributed by atoms with Crippen molar-refractivity contribution in [2.24, 2.45) is 0 Å². The second-order valence-corrected chi connectivity index (χ2v) is 10.8. The monoisotopic (exact) mass is 607 g/mol. The van der Waals surface area contributed by atoms with Gasteiger partial charge < -0.3 is 14.2 Å². The third-order valence-corrected chi connectivity index (χ3v) is 8.31. The minimum atomic E-state index is -4.76. The van der Waals surface area contributed by atoms with Gasteiger partial charge in [0.1, 0.15) is 0 Å². The van der Waals surface area contributed by atoms with Crippen LogP contribution in [0.5, 0.6) is 11.5 Å². The number of fused-ring (bicyclic) bond motifs is 3. The van der Waals surface area contributed by atoms with E-state index in [4.69, 9.17) is 25.8 Å². The van der Waals surface area contributed by atoms with Gasteiger partial charge in [0, 0.05) is 23.3 Å². The maximum atomic E-state index is 14.2. The second-order valence-electron chi connectivity index (χ2n) is 9.01. The van der Waals surface area contributed by atoms with Gasteiger partial charge in [-0.2, -0.15) is 18.3 Å². The molecule has 2 aromatic carbocycles. The maximum Gasteiger partial charge on any atom is 0.452 e. The van der Waals surface area contributed by atoms with Crippen LogP contribution in [0.1, 0.15) is 57.0 Å². The Morgan fingerprint density at radius 1 is 1.12 bits per heavy atom. The average molecular weight is 608 g/mol. The number of aryl methyl sites for hydroxylation is 1. The minimum Gasteiger partial charge on any atom is -0.493 e. The number of ether oxygens (including phenoxy) is 3. The van der Waals surface area contributed by atoms with Gasteiger partial charge in [0.2, 0.25) is 5.82 Å². The number of alkyl halides is 3. The molecule has 2 aromatic heterocycles. The number of benzene rings is 2. The van der Waals surface area contributed by atoms with Crippen molar-refractivity contribution in [1.82, 2.24) is 24.5 Å². The molecule has 2 atom stereocenters. The molecule has 9 nitrogen and oxygen atoms in total. The van der Waals surface area contributed by atoms with Gasteiger partial charge in [0.05, 0.1) is 48.8 Å². The molecule has 5 rings (SSSR count). The summed E-state index contributed by atoms with van der Waals surface area (Å²) in [7, 11) is 3.02. The standard InChI is InChI=1S/C27H25ClF3N5O4S/c1-4-40-25(37)15-13-32-35(14-15)11-10-21-24-33-34-26(27(29,30)31)36(24)19-9-8-16(28)12-18(19)23(41-21)17-6-5-7-20(38-2)22(17)39-3/h5-9,12-14,21,23H,4,10-11H2,1-3H3. The fourth-order valence-electron chi connectivity index (χ4n) is 4.77. The number of carbonyl (C=O) groups excluding carboxylic acids is 1. The van der Waals surface area contributed by atoms with Crippen LogP contribution in [0.25, 0.3) is 5.69 Å². The van der Waals surface area contributed by atoms with E-state index in [2.05, 4.69) is 15.3 Å². The van der Waals surface area contributed by atoms with E-state index in [0.29, 0.717) is 34.1 Å². The van der Waals surface area contributed by atoms with E-state index in [0.717, 1.165) is 4.57 Å². The van der Waals surface area contributed by atoms with E-state index >= 15 is 0 Å². The molecule has 0 saturated carbocycles. The first kappa shape index (κ1) is 28.8. The Morgan fingerprint density at radius 2 is 1.93 bits per heavy atom. The van der Waals surface area contributed by atoms with Crippen molar-refractivity contribution in [3.05, 3.63) is 82.2 Å². The lowest BCUT2D eigenvalue weighted by atomic mass is 10.0. The summed E-state index contributed by atoms with van der Waals surface area (Å²) in [5.41, 5.74) is 1.77. The summed E-state index contributed by atoms with van der Waals surface area (Å²) in [6.45, 7) is 2.21. The van der Waals surface area contributed by atoms with Crippen LogP contribution in [-0.4, -0.2) is 51.3 Å². The summed E-state index contributed by atoms with van der Waals surface area (Å²) in [5, 5.41) is 11.1. The Morgan fingerprint density at radius 3 is 2.63 bits per heavy atom. The number of esters is 1. The first-order valence-electron chi connectivity index (χ1n) is 12.5. The molecule has 1 aliphatic heterocycles. The van der Waals surface area contributed by atoms with Crippen LogP contribution < -0.4 is 9.47 Å². The van der Waals surface area contributed by atoms with Crippen LogP contribution in [-0.2, 0) is 17.5 Å². The van der Waals surface area contributed by atoms with E-state index in [1.807, 2.05) is 6.07 Å². The summed E-state index contributed by atoms with van der Waals surface area (Å²) >= 11 is 7.79. The summed E-state index contributed by atoms with van der Waals surface area (Å²) in [6.07, 6.45) is -1.51. The number of thioether (sulfide) groups is 1. The van der Waals surface area contributed by atoms with E-state index in [1.54, 1.807) is 42.1 Å². The highest BCUT2D eigenvalue weighted by Crippen LogP contribution is 2.54. The lowest BCUT2D eigenvalue weighted by Crippen LogP contribution is -2.16. The zero-order valence-electron chi connectivity index (χ0n) is 22.2. The third-order valence-electron chi connectivity index (χ3n) is 6.52. The van der Waals surface area contributed by atoms with Gasteiger partial charge >= 0.3 is 12.1 Å². The largest absolute Gasteiger partial charge is 0.493 e. The van der Waals surface area contributed by atoms with E-state index in [9.17, 15) is 18.0 Å². The predicted octanol–water partition coefficient (Wildman–Crippen LogP) is 6.30. The number of nitrogens with zero attached hydrogens (tertiary/aromatic N) is 5. The first-order valence-corrected chi connectivity index (χ1v) is 13.9. The molecule has 0 spiro atoms. The number of halogens is 4. The Labute approximate surface area is 242 Å². The molecule has 0 aliphatic carbocycles. The number of hydrogen-bond acceptors (Lipinski definition) is 8. The Kier molecular flexibility index (Phi) is 8.18. The lowest BCUT2D eigenvalue weighted by molar-refractivity contribution is -0.146. The van der Waals surface area contributed by atoms with Crippen molar-refractivity contribution in [3.63, 3.8) is 0 Å². The number of methoxy groups -OCH3 is 2. The van der Waals surface area contributed by atoms with Crippen LogP contribution in [0.4, 0.5) is 13.2 Å². The number of carbonyl (C=O) groups is 1. The van der Waals surface area contributed by atoms with E-state index in [1.165, 1.54) is 38.2 Å². The summed E-state index contributed by atoms with van der Waals surface area (Å²) in [6, 6.07) is 10.1. The number of para-hydroxylation sites is 1. The zero-order chi connectivity index (χ0) is 29.3. The Bertz CT molecular complexity index is 1570. The van der Waals surface area contributed by atoms with Crippen molar-refractivity contribution >= 4 is 29.3 Å². The molecular formula is C27H25ClF3N5O4S. The van der Waals surface area contributed by atoms with Gasteiger partial charge in [-0.25, -0.2) is 4.79 Å². The quantitative estimate of drug-likeness (QED) is 0.216. The number of aromatic nitrogens is 5. The van der Waals surface area contributed by atoms with Gasteiger partial charge in [0.25, 0.3) is 0 Å². The molecular weight excluding hydrogens is 583 g/mol. The molecule has 0 fully saturated rings. The van der Waals surface area contributed by atoms with Crippen LogP contribution in [0.2, 0.25) is 5.02 Å². The van der Waals surface area contributed by atoms with Crippen LogP contribution in [0.3, 0.4) is 0 Å². The van der Waals surface area contributed by atoms with Gasteiger partial charge in [-0.1, -0.05) is 23.7 Å². The minimum absolute atomic E-state index is 0.132. The number of hydrogen-bond donors (Lipinski definition) is 0. The first-order chi connectivity index (χ1) is 19.7. The molecule has 2 unspecified atom stereocenters. The molecule has 3 heterocycles. The van der Waals surface area contributed by atoms with Crippen molar-refractivity contribution in [2.75, 3.05) is 20.8 Å². The van der Waals surface area contributed by atoms with Crippen molar-refractivity contribution in [3.8, 4) is 17.2 Å². The molecule has 0 bridgehead atoms. The smallest absolute Gasteiger partial charge is 0.452 e. The van der Waals surface area contributed by atoms with Crippen LogP contribution in [0, 0.1) is 0 Å². The highest BCUT2D eigenvalue weighted by Gasteiger charge is 2.43. The summed E-state index contributed by atoms with van der Waals surface area (Å²) in [5.74, 6) is -0.572.